The van der Waals surface area contributed by atoms with E-state index in [0.717, 1.165) is 18.9 Å². The molecule has 2 N–H and O–H groups in total. The number of pyridine rings is 1. The number of carbonyl (C=O) groups excluding carboxylic acids is 1. The first kappa shape index (κ1) is 16.4. The number of urea groups is 1. The first-order chi connectivity index (χ1) is 11.5. The number of benzene rings is 1. The number of aromatic nitrogens is 1. The van der Waals surface area contributed by atoms with Gasteiger partial charge in [-0.3, -0.25) is 0 Å². The Morgan fingerprint density at radius 2 is 2.04 bits per heavy atom. The molecule has 3 rings (SSSR count). The van der Waals surface area contributed by atoms with E-state index >= 15 is 0 Å². The Hall–Kier alpha value is -2.41. The number of morpholine rings is 1. The molecule has 1 aliphatic heterocycles. The van der Waals surface area contributed by atoms with E-state index in [1.165, 1.54) is 6.07 Å². The molecule has 2 heterocycles. The summed E-state index contributed by atoms with van der Waals surface area (Å²) in [6.07, 6.45) is 0. The van der Waals surface area contributed by atoms with E-state index in [0.29, 0.717) is 29.8 Å². The number of carbonyl (C=O) groups is 1. The van der Waals surface area contributed by atoms with Crippen LogP contribution in [0.15, 0.2) is 24.3 Å². The summed E-state index contributed by atoms with van der Waals surface area (Å²) in [5, 5.41) is 5.99. The average molecular weight is 332 g/mol. The number of rotatable bonds is 3. The first-order valence-corrected chi connectivity index (χ1v) is 8.03. The maximum absolute atomic E-state index is 14.4. The van der Waals surface area contributed by atoms with Crippen molar-refractivity contribution in [1.29, 1.82) is 0 Å². The Morgan fingerprint density at radius 1 is 1.29 bits per heavy atom. The molecule has 0 bridgehead atoms. The van der Waals surface area contributed by atoms with Gasteiger partial charge >= 0.3 is 6.03 Å². The van der Waals surface area contributed by atoms with E-state index < -0.39 is 5.82 Å². The molecule has 6 nitrogen and oxygen atoms in total. The van der Waals surface area contributed by atoms with Gasteiger partial charge in [-0.05, 0) is 38.1 Å². The molecule has 0 atom stereocenters. The fourth-order valence-corrected chi connectivity index (χ4v) is 2.65. The van der Waals surface area contributed by atoms with Crippen molar-refractivity contribution in [3.8, 4) is 0 Å². The molecule has 7 heteroatoms. The predicted molar refractivity (Wildman–Crippen MR) is 92.0 cm³/mol. The highest BCUT2D eigenvalue weighted by molar-refractivity contribution is 5.93. The van der Waals surface area contributed by atoms with Gasteiger partial charge in [0.2, 0.25) is 0 Å². The second-order valence-electron chi connectivity index (χ2n) is 6.05. The summed E-state index contributed by atoms with van der Waals surface area (Å²) in [4.78, 5) is 18.3. The zero-order chi connectivity index (χ0) is 17.1. The van der Waals surface area contributed by atoms with Crippen LogP contribution in [0.25, 0.3) is 10.9 Å². The average Bonchev–Trinajstić information content (AvgIpc) is 2.54. The van der Waals surface area contributed by atoms with Gasteiger partial charge in [0, 0.05) is 30.2 Å². The number of anilines is 2. The van der Waals surface area contributed by atoms with Gasteiger partial charge < -0.3 is 20.3 Å². The standard InChI is InChI=1S/C17H21FN4O2/c1-11(2)19-17(23)20-13-9-12-3-4-15(21-16(12)14(18)10-13)22-5-7-24-8-6-22/h3-4,9-11H,5-8H2,1-2H3,(H2,19,20,23). The van der Waals surface area contributed by atoms with Crippen LogP contribution < -0.4 is 15.5 Å². The molecule has 2 amide bonds. The van der Waals surface area contributed by atoms with Crippen molar-refractivity contribution in [2.45, 2.75) is 19.9 Å². The summed E-state index contributed by atoms with van der Waals surface area (Å²) in [6, 6.07) is 6.34. The quantitative estimate of drug-likeness (QED) is 0.907. The summed E-state index contributed by atoms with van der Waals surface area (Å²) < 4.78 is 19.8. The second kappa shape index (κ2) is 7.00. The van der Waals surface area contributed by atoms with Crippen molar-refractivity contribution in [1.82, 2.24) is 10.3 Å². The van der Waals surface area contributed by atoms with Crippen molar-refractivity contribution >= 4 is 28.4 Å². The van der Waals surface area contributed by atoms with Gasteiger partial charge in [-0.1, -0.05) is 0 Å². The zero-order valence-electron chi connectivity index (χ0n) is 13.8. The third kappa shape index (κ3) is 3.73. The summed E-state index contributed by atoms with van der Waals surface area (Å²) >= 11 is 0. The van der Waals surface area contributed by atoms with Gasteiger partial charge in [-0.2, -0.15) is 0 Å². The van der Waals surface area contributed by atoms with Crippen LogP contribution >= 0.6 is 0 Å². The van der Waals surface area contributed by atoms with Crippen LogP contribution in [0.5, 0.6) is 0 Å². The van der Waals surface area contributed by atoms with Crippen LogP contribution in [-0.4, -0.2) is 43.4 Å². The van der Waals surface area contributed by atoms with Crippen LogP contribution in [0.1, 0.15) is 13.8 Å². The van der Waals surface area contributed by atoms with Gasteiger partial charge in [0.15, 0.2) is 5.82 Å². The van der Waals surface area contributed by atoms with Gasteiger partial charge in [0.25, 0.3) is 0 Å². The molecule has 24 heavy (non-hydrogen) atoms. The number of amides is 2. The smallest absolute Gasteiger partial charge is 0.319 e. The maximum atomic E-state index is 14.4. The van der Waals surface area contributed by atoms with Crippen LogP contribution in [0.2, 0.25) is 0 Å². The molecule has 1 aliphatic rings. The lowest BCUT2D eigenvalue weighted by Gasteiger charge is -2.28. The van der Waals surface area contributed by atoms with Crippen LogP contribution in [-0.2, 0) is 4.74 Å². The van der Waals surface area contributed by atoms with Crippen LogP contribution in [0.3, 0.4) is 0 Å². The molecule has 1 saturated heterocycles. The molecule has 128 valence electrons. The molecule has 1 fully saturated rings. The molecule has 1 aromatic heterocycles. The topological polar surface area (TPSA) is 66.5 Å². The third-order valence-corrected chi connectivity index (χ3v) is 3.74. The Labute approximate surface area is 140 Å². The molecule has 2 aromatic rings. The van der Waals surface area contributed by atoms with Crippen molar-refractivity contribution in [2.24, 2.45) is 0 Å². The van der Waals surface area contributed by atoms with E-state index in [-0.39, 0.29) is 12.1 Å². The van der Waals surface area contributed by atoms with E-state index in [1.54, 1.807) is 6.07 Å². The fourth-order valence-electron chi connectivity index (χ4n) is 2.65. The highest BCUT2D eigenvalue weighted by Crippen LogP contribution is 2.25. The van der Waals surface area contributed by atoms with Crippen LogP contribution in [0.4, 0.5) is 20.7 Å². The van der Waals surface area contributed by atoms with Crippen molar-refractivity contribution in [2.75, 3.05) is 36.5 Å². The fraction of sp³-hybridized carbons (Fsp3) is 0.412. The monoisotopic (exact) mass is 332 g/mol. The number of halogens is 1. The lowest BCUT2D eigenvalue weighted by molar-refractivity contribution is 0.122. The molecule has 0 saturated carbocycles. The van der Waals surface area contributed by atoms with Crippen molar-refractivity contribution in [3.05, 3.63) is 30.1 Å². The molecule has 0 aliphatic carbocycles. The Morgan fingerprint density at radius 3 is 2.75 bits per heavy atom. The van der Waals surface area contributed by atoms with Crippen molar-refractivity contribution in [3.63, 3.8) is 0 Å². The Bertz CT molecular complexity index is 745. The van der Waals surface area contributed by atoms with Gasteiger partial charge in [-0.15, -0.1) is 0 Å². The van der Waals surface area contributed by atoms with Crippen LogP contribution in [0, 0.1) is 5.82 Å². The minimum atomic E-state index is -0.456. The minimum Gasteiger partial charge on any atom is -0.378 e. The summed E-state index contributed by atoms with van der Waals surface area (Å²) in [5.74, 6) is 0.283. The Balaban J connectivity index is 1.85. The first-order valence-electron chi connectivity index (χ1n) is 8.03. The molecule has 1 aromatic carbocycles. The van der Waals surface area contributed by atoms with E-state index in [2.05, 4.69) is 20.5 Å². The molecule has 0 spiro atoms. The zero-order valence-corrected chi connectivity index (χ0v) is 13.8. The summed E-state index contributed by atoms with van der Waals surface area (Å²) in [5.41, 5.74) is 0.702. The number of hydrogen-bond acceptors (Lipinski definition) is 4. The molecular weight excluding hydrogens is 311 g/mol. The van der Waals surface area contributed by atoms with E-state index in [4.69, 9.17) is 4.74 Å². The predicted octanol–water partition coefficient (Wildman–Crippen LogP) is 2.74. The number of ether oxygens (including phenoxy) is 1. The SMILES string of the molecule is CC(C)NC(=O)Nc1cc(F)c2nc(N3CCOCC3)ccc2c1. The minimum absolute atomic E-state index is 0.00745. The summed E-state index contributed by atoms with van der Waals surface area (Å²) in [7, 11) is 0. The molecule has 0 unspecified atom stereocenters. The van der Waals surface area contributed by atoms with E-state index in [1.807, 2.05) is 26.0 Å². The van der Waals surface area contributed by atoms with Crippen molar-refractivity contribution < 1.29 is 13.9 Å². The lowest BCUT2D eigenvalue weighted by atomic mass is 10.2. The van der Waals surface area contributed by atoms with E-state index in [9.17, 15) is 9.18 Å². The summed E-state index contributed by atoms with van der Waals surface area (Å²) in [6.45, 7) is 6.51. The number of nitrogens with one attached hydrogen (secondary N) is 2. The number of fused-ring (bicyclic) bond motifs is 1. The molecule has 0 radical (unpaired) electrons. The molecular formula is C17H21FN4O2. The third-order valence-electron chi connectivity index (χ3n) is 3.74. The van der Waals surface area contributed by atoms with Gasteiger partial charge in [-0.25, -0.2) is 14.2 Å². The largest absolute Gasteiger partial charge is 0.378 e. The Kier molecular flexibility index (Phi) is 4.80. The second-order valence-corrected chi connectivity index (χ2v) is 6.05. The maximum Gasteiger partial charge on any atom is 0.319 e. The highest BCUT2D eigenvalue weighted by atomic mass is 19.1. The highest BCUT2D eigenvalue weighted by Gasteiger charge is 2.15. The normalized spacial score (nSPS) is 14.9. The lowest BCUT2D eigenvalue weighted by Crippen LogP contribution is -2.36. The number of hydrogen-bond donors (Lipinski definition) is 2. The number of nitrogens with zero attached hydrogens (tertiary/aromatic N) is 2. The van der Waals surface area contributed by atoms with Gasteiger partial charge in [0.05, 0.1) is 13.2 Å². The van der Waals surface area contributed by atoms with Gasteiger partial charge in [0.1, 0.15) is 11.3 Å².